The van der Waals surface area contributed by atoms with Gasteiger partial charge >= 0.3 is 0 Å². The van der Waals surface area contributed by atoms with Gasteiger partial charge in [0.15, 0.2) is 0 Å². The first-order chi connectivity index (χ1) is 8.07. The number of carbonyl (C=O) groups excluding carboxylic acids is 1. The third-order valence-corrected chi connectivity index (χ3v) is 3.16. The monoisotopic (exact) mass is 234 g/mol. The van der Waals surface area contributed by atoms with E-state index >= 15 is 0 Å². The van der Waals surface area contributed by atoms with Crippen LogP contribution in [0.1, 0.15) is 37.2 Å². The minimum absolute atomic E-state index is 0.00321. The van der Waals surface area contributed by atoms with Gasteiger partial charge in [-0.25, -0.2) is 9.97 Å². The molecule has 5 heteroatoms. The molecular weight excluding hydrogens is 216 g/mol. The predicted octanol–water partition coefficient (Wildman–Crippen LogP) is 0.673. The number of amides is 1. The second kappa shape index (κ2) is 4.79. The van der Waals surface area contributed by atoms with Gasteiger partial charge in [0.2, 0.25) is 5.91 Å². The first-order valence-corrected chi connectivity index (χ1v) is 5.92. The van der Waals surface area contributed by atoms with Gasteiger partial charge in [-0.15, -0.1) is 0 Å². The van der Waals surface area contributed by atoms with Gasteiger partial charge in [-0.3, -0.25) is 4.79 Å². The smallest absolute Gasteiger partial charge is 0.222 e. The number of nitrogens with one attached hydrogen (secondary N) is 1. The Labute approximate surface area is 101 Å². The second-order valence-corrected chi connectivity index (χ2v) is 4.76. The van der Waals surface area contributed by atoms with Crippen LogP contribution in [0.3, 0.4) is 0 Å². The zero-order chi connectivity index (χ0) is 12.3. The quantitative estimate of drug-likeness (QED) is 0.802. The SMILES string of the molecule is Cc1nccc(CNC(=O)CC2(N)CCC2)n1. The molecule has 3 N–H and O–H groups in total. The van der Waals surface area contributed by atoms with Crippen LogP contribution in [0, 0.1) is 6.92 Å². The van der Waals surface area contributed by atoms with E-state index in [1.54, 1.807) is 12.3 Å². The van der Waals surface area contributed by atoms with Crippen LogP contribution in [0.25, 0.3) is 0 Å². The molecule has 1 aromatic rings. The zero-order valence-electron chi connectivity index (χ0n) is 10.1. The lowest BCUT2D eigenvalue weighted by Gasteiger charge is -2.37. The highest BCUT2D eigenvalue weighted by Gasteiger charge is 2.34. The maximum atomic E-state index is 11.7. The fourth-order valence-corrected chi connectivity index (χ4v) is 1.98. The van der Waals surface area contributed by atoms with E-state index in [0.717, 1.165) is 25.0 Å². The number of nitrogens with two attached hydrogens (primary N) is 1. The second-order valence-electron chi connectivity index (χ2n) is 4.76. The van der Waals surface area contributed by atoms with E-state index in [4.69, 9.17) is 5.73 Å². The molecule has 0 spiro atoms. The average Bonchev–Trinajstić information content (AvgIpc) is 2.24. The van der Waals surface area contributed by atoms with E-state index in [0.29, 0.717) is 18.8 Å². The molecule has 0 radical (unpaired) electrons. The van der Waals surface area contributed by atoms with E-state index in [1.807, 2.05) is 6.92 Å². The van der Waals surface area contributed by atoms with Crippen LogP contribution < -0.4 is 11.1 Å². The van der Waals surface area contributed by atoms with Crippen molar-refractivity contribution < 1.29 is 4.79 Å². The van der Waals surface area contributed by atoms with Crippen molar-refractivity contribution >= 4 is 5.91 Å². The lowest BCUT2D eigenvalue weighted by Crippen LogP contribution is -2.49. The van der Waals surface area contributed by atoms with Crippen molar-refractivity contribution in [3.05, 3.63) is 23.8 Å². The fourth-order valence-electron chi connectivity index (χ4n) is 1.98. The molecule has 0 bridgehead atoms. The van der Waals surface area contributed by atoms with Crippen molar-refractivity contribution in [2.24, 2.45) is 5.73 Å². The summed E-state index contributed by atoms with van der Waals surface area (Å²) in [6.45, 7) is 2.27. The van der Waals surface area contributed by atoms with Gasteiger partial charge in [-0.2, -0.15) is 0 Å². The molecule has 17 heavy (non-hydrogen) atoms. The van der Waals surface area contributed by atoms with Gasteiger partial charge < -0.3 is 11.1 Å². The van der Waals surface area contributed by atoms with Crippen LogP contribution in [0.4, 0.5) is 0 Å². The third-order valence-electron chi connectivity index (χ3n) is 3.16. The van der Waals surface area contributed by atoms with Gasteiger partial charge in [0.1, 0.15) is 5.82 Å². The summed E-state index contributed by atoms with van der Waals surface area (Å²) in [5.41, 5.74) is 6.58. The van der Waals surface area contributed by atoms with Gasteiger partial charge in [0.05, 0.1) is 12.2 Å². The lowest BCUT2D eigenvalue weighted by atomic mass is 9.75. The molecule has 0 unspecified atom stereocenters. The summed E-state index contributed by atoms with van der Waals surface area (Å²) >= 11 is 0. The Kier molecular flexibility index (Phi) is 3.38. The summed E-state index contributed by atoms with van der Waals surface area (Å²) in [6.07, 6.45) is 5.15. The normalized spacial score (nSPS) is 17.3. The Morgan fingerprint density at radius 1 is 1.59 bits per heavy atom. The van der Waals surface area contributed by atoms with Crippen LogP contribution in [0.15, 0.2) is 12.3 Å². The van der Waals surface area contributed by atoms with Crippen LogP contribution in [0.2, 0.25) is 0 Å². The maximum Gasteiger partial charge on any atom is 0.222 e. The van der Waals surface area contributed by atoms with Crippen LogP contribution >= 0.6 is 0 Å². The van der Waals surface area contributed by atoms with Gasteiger partial charge in [-0.05, 0) is 32.3 Å². The lowest BCUT2D eigenvalue weighted by molar-refractivity contribution is -0.123. The van der Waals surface area contributed by atoms with Crippen molar-refractivity contribution in [3.63, 3.8) is 0 Å². The Bertz CT molecular complexity index is 415. The molecule has 1 aromatic heterocycles. The summed E-state index contributed by atoms with van der Waals surface area (Å²) in [5.74, 6) is 0.717. The van der Waals surface area contributed by atoms with Crippen molar-refractivity contribution in [1.29, 1.82) is 0 Å². The number of rotatable bonds is 4. The van der Waals surface area contributed by atoms with E-state index in [9.17, 15) is 4.79 Å². The summed E-state index contributed by atoms with van der Waals surface area (Å²) in [6, 6.07) is 1.80. The average molecular weight is 234 g/mol. The van der Waals surface area contributed by atoms with Gasteiger partial charge in [0, 0.05) is 18.2 Å². The molecule has 1 amide bonds. The van der Waals surface area contributed by atoms with Crippen LogP contribution in [-0.4, -0.2) is 21.4 Å². The van der Waals surface area contributed by atoms with E-state index in [1.165, 1.54) is 0 Å². The summed E-state index contributed by atoms with van der Waals surface area (Å²) in [5, 5.41) is 2.84. The zero-order valence-corrected chi connectivity index (χ0v) is 10.1. The Balaban J connectivity index is 1.80. The molecule has 1 aliphatic carbocycles. The number of nitrogens with zero attached hydrogens (tertiary/aromatic N) is 2. The maximum absolute atomic E-state index is 11.7. The van der Waals surface area contributed by atoms with Crippen molar-refractivity contribution in [2.45, 2.75) is 44.7 Å². The van der Waals surface area contributed by atoms with Gasteiger partial charge in [-0.1, -0.05) is 0 Å². The molecule has 1 aliphatic rings. The highest BCUT2D eigenvalue weighted by molar-refractivity contribution is 5.77. The van der Waals surface area contributed by atoms with E-state index in [-0.39, 0.29) is 11.4 Å². The highest BCUT2D eigenvalue weighted by Crippen LogP contribution is 2.31. The molecule has 2 rings (SSSR count). The molecule has 92 valence electrons. The molecule has 1 saturated carbocycles. The fraction of sp³-hybridized carbons (Fsp3) is 0.583. The van der Waals surface area contributed by atoms with E-state index in [2.05, 4.69) is 15.3 Å². The largest absolute Gasteiger partial charge is 0.350 e. The number of aromatic nitrogens is 2. The topological polar surface area (TPSA) is 80.9 Å². The molecule has 0 atom stereocenters. The Hall–Kier alpha value is -1.49. The molecule has 1 fully saturated rings. The Morgan fingerprint density at radius 3 is 2.94 bits per heavy atom. The number of hydrogen-bond acceptors (Lipinski definition) is 4. The minimum atomic E-state index is -0.258. The molecule has 0 saturated heterocycles. The van der Waals surface area contributed by atoms with Crippen LogP contribution in [-0.2, 0) is 11.3 Å². The van der Waals surface area contributed by atoms with Crippen molar-refractivity contribution in [3.8, 4) is 0 Å². The molecule has 1 heterocycles. The Morgan fingerprint density at radius 2 is 2.35 bits per heavy atom. The first kappa shape index (κ1) is 12.0. The first-order valence-electron chi connectivity index (χ1n) is 5.92. The number of hydrogen-bond donors (Lipinski definition) is 2. The number of aryl methyl sites for hydroxylation is 1. The molecule has 5 nitrogen and oxygen atoms in total. The molecule has 0 aromatic carbocycles. The minimum Gasteiger partial charge on any atom is -0.350 e. The number of carbonyl (C=O) groups is 1. The molecule has 0 aliphatic heterocycles. The summed E-state index contributed by atoms with van der Waals surface area (Å²) < 4.78 is 0. The van der Waals surface area contributed by atoms with Gasteiger partial charge in [0.25, 0.3) is 0 Å². The predicted molar refractivity (Wildman–Crippen MR) is 64.0 cm³/mol. The third kappa shape index (κ3) is 3.23. The highest BCUT2D eigenvalue weighted by atomic mass is 16.1. The standard InChI is InChI=1S/C12H18N4O/c1-9-14-6-3-10(16-9)8-15-11(17)7-12(13)4-2-5-12/h3,6H,2,4-5,7-8,13H2,1H3,(H,15,17). The summed E-state index contributed by atoms with van der Waals surface area (Å²) in [7, 11) is 0. The van der Waals surface area contributed by atoms with Crippen molar-refractivity contribution in [1.82, 2.24) is 15.3 Å². The van der Waals surface area contributed by atoms with Crippen molar-refractivity contribution in [2.75, 3.05) is 0 Å². The van der Waals surface area contributed by atoms with Crippen LogP contribution in [0.5, 0.6) is 0 Å². The van der Waals surface area contributed by atoms with E-state index < -0.39 is 0 Å². The summed E-state index contributed by atoms with van der Waals surface area (Å²) in [4.78, 5) is 19.9. The molecular formula is C12H18N4O.